The number of hydrogen-bond donors (Lipinski definition) is 0. The van der Waals surface area contributed by atoms with E-state index in [2.05, 4.69) is 10.2 Å². The smallest absolute Gasteiger partial charge is 0.527 e. The van der Waals surface area contributed by atoms with Crippen molar-refractivity contribution in [2.45, 2.75) is 0 Å². The van der Waals surface area contributed by atoms with E-state index in [0.29, 0.717) is 4.80 Å². The number of carboxylic acid groups (broad SMARTS) is 1. The Hall–Kier alpha value is -0.390. The molecule has 0 saturated heterocycles. The van der Waals surface area contributed by atoms with E-state index in [4.69, 9.17) is 0 Å². The minimum absolute atomic E-state index is 0. The molecular weight excluding hydrogens is 133 g/mol. The molecule has 0 aromatic carbocycles. The molecule has 1 heterocycles. The molecule has 0 unspecified atom stereocenters. The molecule has 6 heteroatoms. The second-order valence-electron chi connectivity index (χ2n) is 1.08. The molecule has 1 aromatic heterocycles. The predicted octanol–water partition coefficient (Wildman–Crippen LogP) is -4.53. The zero-order valence-electron chi connectivity index (χ0n) is 4.81. The molecule has 1 rings (SSSR count). The normalized spacial score (nSPS) is 8.00. The van der Waals surface area contributed by atoms with Gasteiger partial charge in [-0.2, -0.15) is 10.2 Å². The van der Waals surface area contributed by atoms with Crippen LogP contribution in [0, 0.1) is 0 Å². The van der Waals surface area contributed by atoms with Crippen LogP contribution in [0.3, 0.4) is 0 Å². The van der Waals surface area contributed by atoms with Crippen molar-refractivity contribution in [2.24, 2.45) is 0 Å². The molecule has 0 aliphatic carbocycles. The summed E-state index contributed by atoms with van der Waals surface area (Å²) in [7, 11) is 0. The van der Waals surface area contributed by atoms with E-state index in [0.717, 1.165) is 0 Å². The van der Waals surface area contributed by atoms with Gasteiger partial charge < -0.3 is 9.90 Å². The molecule has 0 N–H and O–H groups in total. The van der Waals surface area contributed by atoms with Gasteiger partial charge in [0.25, 0.3) is 0 Å². The Morgan fingerprint density at radius 1 is 1.44 bits per heavy atom. The van der Waals surface area contributed by atoms with Gasteiger partial charge in [-0.15, -0.1) is 4.80 Å². The minimum Gasteiger partial charge on any atom is -0.527 e. The number of carbonyl (C=O) groups excluding carboxylic acids is 1. The maximum atomic E-state index is 9.79. The van der Waals surface area contributed by atoms with Crippen LogP contribution in [-0.4, -0.2) is 21.1 Å². The van der Waals surface area contributed by atoms with Crippen LogP contribution in [0.25, 0.3) is 0 Å². The summed E-state index contributed by atoms with van der Waals surface area (Å²) in [6.45, 7) is 0. The second kappa shape index (κ2) is 3.60. The fourth-order valence-electron chi connectivity index (χ4n) is 0.310. The monoisotopic (exact) mass is 135 g/mol. The number of rotatable bonds is 0. The maximum Gasteiger partial charge on any atom is 1.00 e. The van der Waals surface area contributed by atoms with Crippen LogP contribution >= 0.6 is 0 Å². The van der Waals surface area contributed by atoms with Gasteiger partial charge in [-0.3, -0.25) is 0 Å². The largest absolute Gasteiger partial charge is 1.00 e. The van der Waals surface area contributed by atoms with Crippen LogP contribution in [-0.2, 0) is 0 Å². The van der Waals surface area contributed by atoms with E-state index in [1.165, 1.54) is 12.4 Å². The zero-order valence-corrected chi connectivity index (χ0v) is 6.81. The summed E-state index contributed by atoms with van der Waals surface area (Å²) in [6.07, 6.45) is 1.10. The van der Waals surface area contributed by atoms with Crippen molar-refractivity contribution in [3.05, 3.63) is 12.4 Å². The molecule has 0 saturated carbocycles. The summed E-state index contributed by atoms with van der Waals surface area (Å²) in [5.74, 6) is 0. The summed E-state index contributed by atoms with van der Waals surface area (Å²) >= 11 is 0. The molecular formula is C3H2N3NaO2. The predicted molar refractivity (Wildman–Crippen MR) is 20.8 cm³/mol. The van der Waals surface area contributed by atoms with Crippen LogP contribution < -0.4 is 34.7 Å². The topological polar surface area (TPSA) is 70.8 Å². The van der Waals surface area contributed by atoms with Gasteiger partial charge in [0.15, 0.2) is 6.09 Å². The summed E-state index contributed by atoms with van der Waals surface area (Å²) < 4.78 is 0. The fourth-order valence-corrected chi connectivity index (χ4v) is 0.310. The number of nitrogens with zero attached hydrogens (tertiary/aromatic N) is 3. The Balaban J connectivity index is 0.000000640. The fraction of sp³-hybridized carbons (Fsp3) is 0. The van der Waals surface area contributed by atoms with Gasteiger partial charge in [0, 0.05) is 0 Å². The van der Waals surface area contributed by atoms with Crippen molar-refractivity contribution >= 4 is 6.09 Å². The van der Waals surface area contributed by atoms with Crippen LogP contribution in [0.15, 0.2) is 12.4 Å². The van der Waals surface area contributed by atoms with Gasteiger partial charge >= 0.3 is 29.6 Å². The van der Waals surface area contributed by atoms with E-state index >= 15 is 0 Å². The van der Waals surface area contributed by atoms with E-state index in [9.17, 15) is 9.90 Å². The number of aromatic nitrogens is 3. The Bertz CT molecular complexity index is 185. The van der Waals surface area contributed by atoms with Gasteiger partial charge in [0.2, 0.25) is 0 Å². The summed E-state index contributed by atoms with van der Waals surface area (Å²) in [6, 6.07) is 0. The third-order valence-electron chi connectivity index (χ3n) is 0.582. The van der Waals surface area contributed by atoms with E-state index in [1.54, 1.807) is 0 Å². The van der Waals surface area contributed by atoms with Crippen LogP contribution in [0.5, 0.6) is 0 Å². The van der Waals surface area contributed by atoms with Crippen LogP contribution in [0.1, 0.15) is 0 Å². The van der Waals surface area contributed by atoms with Crippen molar-refractivity contribution in [3.8, 4) is 0 Å². The summed E-state index contributed by atoms with van der Waals surface area (Å²) in [5, 5.41) is 16.3. The van der Waals surface area contributed by atoms with E-state index in [1.807, 2.05) is 0 Å². The first-order valence-electron chi connectivity index (χ1n) is 1.88. The number of carbonyl (C=O) groups is 1. The van der Waals surface area contributed by atoms with Crippen LogP contribution in [0.4, 0.5) is 4.79 Å². The third-order valence-corrected chi connectivity index (χ3v) is 0.582. The zero-order chi connectivity index (χ0) is 5.98. The minimum atomic E-state index is -1.42. The molecule has 0 amide bonds. The van der Waals surface area contributed by atoms with Gasteiger partial charge in [-0.1, -0.05) is 0 Å². The summed E-state index contributed by atoms with van der Waals surface area (Å²) in [5.41, 5.74) is 0. The molecule has 0 bridgehead atoms. The SMILES string of the molecule is O=C([O-])n1nccn1.[Na+]. The van der Waals surface area contributed by atoms with Crippen LogP contribution in [0.2, 0.25) is 0 Å². The average molecular weight is 135 g/mol. The van der Waals surface area contributed by atoms with E-state index in [-0.39, 0.29) is 29.6 Å². The Morgan fingerprint density at radius 3 is 2.11 bits per heavy atom. The van der Waals surface area contributed by atoms with Crippen molar-refractivity contribution in [1.82, 2.24) is 15.0 Å². The quantitative estimate of drug-likeness (QED) is 0.336. The molecule has 0 atom stereocenters. The Morgan fingerprint density at radius 2 is 1.89 bits per heavy atom. The second-order valence-corrected chi connectivity index (χ2v) is 1.08. The molecule has 42 valence electrons. The van der Waals surface area contributed by atoms with Gasteiger partial charge in [0.1, 0.15) is 0 Å². The molecule has 0 aliphatic rings. The first kappa shape index (κ1) is 8.61. The first-order valence-corrected chi connectivity index (χ1v) is 1.88. The Labute approximate surface area is 73.0 Å². The molecule has 0 radical (unpaired) electrons. The van der Waals surface area contributed by atoms with Crippen molar-refractivity contribution < 1.29 is 39.5 Å². The van der Waals surface area contributed by atoms with Gasteiger partial charge in [-0.05, 0) is 0 Å². The van der Waals surface area contributed by atoms with Crippen molar-refractivity contribution in [1.29, 1.82) is 0 Å². The standard InChI is InChI=1S/C3H3N3O2.Na/c7-3(8)6-4-1-2-5-6;/h1-2H,(H,7,8);/q;+1/p-1. The molecule has 5 nitrogen and oxygen atoms in total. The van der Waals surface area contributed by atoms with E-state index < -0.39 is 6.09 Å². The molecule has 9 heavy (non-hydrogen) atoms. The maximum absolute atomic E-state index is 9.79. The van der Waals surface area contributed by atoms with Crippen molar-refractivity contribution in [3.63, 3.8) is 0 Å². The van der Waals surface area contributed by atoms with Gasteiger partial charge in [-0.25, -0.2) is 0 Å². The van der Waals surface area contributed by atoms with Gasteiger partial charge in [0.05, 0.1) is 12.4 Å². The first-order chi connectivity index (χ1) is 3.80. The third kappa shape index (κ3) is 2.13. The molecule has 0 spiro atoms. The average Bonchev–Trinajstić information content (AvgIpc) is 2.12. The number of hydrogen-bond acceptors (Lipinski definition) is 4. The summed E-state index contributed by atoms with van der Waals surface area (Å²) in [4.78, 5) is 10.3. The molecule has 0 aliphatic heterocycles. The Kier molecular flexibility index (Phi) is 3.44. The molecule has 1 aromatic rings. The molecule has 0 fully saturated rings. The van der Waals surface area contributed by atoms with Crippen molar-refractivity contribution in [2.75, 3.05) is 0 Å².